The van der Waals surface area contributed by atoms with E-state index in [-0.39, 0.29) is 6.54 Å². The van der Waals surface area contributed by atoms with Crippen LogP contribution in [0.25, 0.3) is 10.8 Å². The average molecular weight is 310 g/mol. The Hall–Kier alpha value is -2.14. The lowest BCUT2D eigenvalue weighted by Gasteiger charge is -2.11. The van der Waals surface area contributed by atoms with Crippen molar-refractivity contribution < 1.29 is 18.7 Å². The Labute approximate surface area is 125 Å². The summed E-state index contributed by atoms with van der Waals surface area (Å²) in [6.07, 6.45) is 0. The van der Waals surface area contributed by atoms with Crippen LogP contribution in [0.2, 0.25) is 0 Å². The van der Waals surface area contributed by atoms with Gasteiger partial charge >= 0.3 is 5.97 Å². The second kappa shape index (κ2) is 6.54. The molecule has 1 atom stereocenters. The molecule has 0 saturated heterocycles. The third kappa shape index (κ3) is 3.31. The zero-order valence-electron chi connectivity index (χ0n) is 11.2. The van der Waals surface area contributed by atoms with Crippen LogP contribution in [0.5, 0.6) is 0 Å². The number of hydrogen-bond acceptors (Lipinski definition) is 3. The van der Waals surface area contributed by atoms with Gasteiger partial charge in [0, 0.05) is 17.5 Å². The number of alkyl halides is 1. The fourth-order valence-corrected chi connectivity index (χ4v) is 2.12. The molecule has 0 radical (unpaired) electrons. The Morgan fingerprint density at radius 1 is 1.24 bits per heavy atom. The lowest BCUT2D eigenvalue weighted by molar-refractivity contribution is -0.140. The molecule has 0 aliphatic carbocycles. The second-order valence-electron chi connectivity index (χ2n) is 4.34. The molecule has 0 spiro atoms. The van der Waals surface area contributed by atoms with E-state index in [1.54, 1.807) is 24.3 Å². The van der Waals surface area contributed by atoms with E-state index in [4.69, 9.17) is 11.6 Å². The van der Waals surface area contributed by atoms with Gasteiger partial charge in [-0.2, -0.15) is 0 Å². The summed E-state index contributed by atoms with van der Waals surface area (Å²) in [7, 11) is 1.22. The van der Waals surface area contributed by atoms with Crippen molar-refractivity contribution in [3.05, 3.63) is 47.8 Å². The summed E-state index contributed by atoms with van der Waals surface area (Å²) in [4.78, 5) is 23.3. The molecule has 2 aromatic rings. The molecule has 1 N–H and O–H groups in total. The zero-order chi connectivity index (χ0) is 15.4. The Morgan fingerprint density at radius 3 is 2.57 bits per heavy atom. The Balaban J connectivity index is 2.21. The van der Waals surface area contributed by atoms with Crippen molar-refractivity contribution in [1.82, 2.24) is 5.32 Å². The summed E-state index contributed by atoms with van der Waals surface area (Å²) in [6.45, 7) is -0.0707. The maximum atomic E-state index is 13.7. The van der Waals surface area contributed by atoms with Crippen LogP contribution in [-0.4, -0.2) is 30.9 Å². The molecule has 1 amide bonds. The molecule has 110 valence electrons. The van der Waals surface area contributed by atoms with Gasteiger partial charge in [-0.15, -0.1) is 11.6 Å². The van der Waals surface area contributed by atoms with Crippen molar-refractivity contribution in [2.45, 2.75) is 5.38 Å². The number of halogens is 2. The molecule has 0 aliphatic rings. The zero-order valence-corrected chi connectivity index (χ0v) is 12.0. The third-order valence-electron chi connectivity index (χ3n) is 3.01. The van der Waals surface area contributed by atoms with Crippen LogP contribution in [0, 0.1) is 5.82 Å². The van der Waals surface area contributed by atoms with E-state index < -0.39 is 23.1 Å². The number of carbonyl (C=O) groups excluding carboxylic acids is 2. The van der Waals surface area contributed by atoms with Gasteiger partial charge < -0.3 is 10.1 Å². The first kappa shape index (κ1) is 15.3. The lowest BCUT2D eigenvalue weighted by Crippen LogP contribution is -2.34. The van der Waals surface area contributed by atoms with E-state index in [0.717, 1.165) is 0 Å². The van der Waals surface area contributed by atoms with Crippen LogP contribution in [0.4, 0.5) is 4.39 Å². The van der Waals surface area contributed by atoms with E-state index in [1.165, 1.54) is 19.2 Å². The van der Waals surface area contributed by atoms with Crippen molar-refractivity contribution in [3.63, 3.8) is 0 Å². The van der Waals surface area contributed by atoms with E-state index in [0.29, 0.717) is 16.3 Å². The molecular formula is C15H13ClFNO3. The van der Waals surface area contributed by atoms with Crippen LogP contribution in [0.3, 0.4) is 0 Å². The average Bonchev–Trinajstić information content (AvgIpc) is 2.52. The Bertz CT molecular complexity index is 690. The van der Waals surface area contributed by atoms with Gasteiger partial charge in [0.05, 0.1) is 7.11 Å². The first-order chi connectivity index (χ1) is 10.0. The van der Waals surface area contributed by atoms with Crippen molar-refractivity contribution in [2.75, 3.05) is 13.7 Å². The predicted octanol–water partition coefficient (Wildman–Crippen LogP) is 2.49. The van der Waals surface area contributed by atoms with Gasteiger partial charge in [-0.1, -0.05) is 24.3 Å². The quantitative estimate of drug-likeness (QED) is 0.697. The number of hydrogen-bond donors (Lipinski definition) is 1. The van der Waals surface area contributed by atoms with Gasteiger partial charge in [0.1, 0.15) is 11.2 Å². The first-order valence-corrected chi connectivity index (χ1v) is 6.65. The van der Waals surface area contributed by atoms with Crippen molar-refractivity contribution in [1.29, 1.82) is 0 Å². The number of fused-ring (bicyclic) bond motifs is 1. The van der Waals surface area contributed by atoms with Crippen LogP contribution in [-0.2, 0) is 9.53 Å². The van der Waals surface area contributed by atoms with Crippen LogP contribution >= 0.6 is 11.6 Å². The number of ether oxygens (including phenoxy) is 1. The fourth-order valence-electron chi connectivity index (χ4n) is 1.95. The van der Waals surface area contributed by atoms with E-state index in [2.05, 4.69) is 10.1 Å². The predicted molar refractivity (Wildman–Crippen MR) is 77.9 cm³/mol. The number of carbonyl (C=O) groups is 2. The highest BCUT2D eigenvalue weighted by Gasteiger charge is 2.18. The molecule has 0 saturated carbocycles. The number of methoxy groups -OCH3 is 1. The molecule has 0 aromatic heterocycles. The molecule has 21 heavy (non-hydrogen) atoms. The van der Waals surface area contributed by atoms with Crippen molar-refractivity contribution in [3.8, 4) is 0 Å². The van der Waals surface area contributed by atoms with Crippen LogP contribution in [0.1, 0.15) is 10.4 Å². The standard InChI is InChI=1S/C15H13ClFNO3/c1-21-15(20)12(16)8-18-14(19)11-6-7-13(17)10-5-3-2-4-9(10)11/h2-7,12H,8H2,1H3,(H,18,19). The summed E-state index contributed by atoms with van der Waals surface area (Å²) >= 11 is 5.76. The number of rotatable bonds is 4. The highest BCUT2D eigenvalue weighted by molar-refractivity contribution is 6.30. The fraction of sp³-hybridized carbons (Fsp3) is 0.200. The monoisotopic (exact) mass is 309 g/mol. The molecule has 2 aromatic carbocycles. The molecule has 0 heterocycles. The van der Waals surface area contributed by atoms with Gasteiger partial charge in [-0.25, -0.2) is 4.39 Å². The minimum Gasteiger partial charge on any atom is -0.468 e. The maximum absolute atomic E-state index is 13.7. The molecule has 1 unspecified atom stereocenters. The lowest BCUT2D eigenvalue weighted by atomic mass is 10.0. The number of benzene rings is 2. The third-order valence-corrected chi connectivity index (χ3v) is 3.35. The summed E-state index contributed by atoms with van der Waals surface area (Å²) < 4.78 is 18.1. The molecule has 2 rings (SSSR count). The smallest absolute Gasteiger partial charge is 0.325 e. The second-order valence-corrected chi connectivity index (χ2v) is 4.87. The van der Waals surface area contributed by atoms with Gasteiger partial charge in [0.15, 0.2) is 0 Å². The SMILES string of the molecule is COC(=O)C(Cl)CNC(=O)c1ccc(F)c2ccccc12. The topological polar surface area (TPSA) is 55.4 Å². The minimum absolute atomic E-state index is 0.0707. The highest BCUT2D eigenvalue weighted by Crippen LogP contribution is 2.21. The number of esters is 1. The summed E-state index contributed by atoms with van der Waals surface area (Å²) in [5.74, 6) is -1.45. The Morgan fingerprint density at radius 2 is 1.90 bits per heavy atom. The first-order valence-electron chi connectivity index (χ1n) is 6.22. The van der Waals surface area contributed by atoms with Crippen molar-refractivity contribution in [2.24, 2.45) is 0 Å². The maximum Gasteiger partial charge on any atom is 0.325 e. The molecule has 6 heteroatoms. The van der Waals surface area contributed by atoms with Crippen molar-refractivity contribution >= 4 is 34.2 Å². The largest absolute Gasteiger partial charge is 0.468 e. The number of nitrogens with one attached hydrogen (secondary N) is 1. The Kier molecular flexibility index (Phi) is 4.75. The summed E-state index contributed by atoms with van der Waals surface area (Å²) in [5, 5.41) is 2.43. The summed E-state index contributed by atoms with van der Waals surface area (Å²) in [5.41, 5.74) is 0.320. The van der Waals surface area contributed by atoms with E-state index >= 15 is 0 Å². The van der Waals surface area contributed by atoms with Gasteiger partial charge in [0.25, 0.3) is 5.91 Å². The molecule has 0 aliphatic heterocycles. The van der Waals surface area contributed by atoms with Crippen LogP contribution < -0.4 is 5.32 Å². The molecule has 0 fully saturated rings. The molecule has 4 nitrogen and oxygen atoms in total. The van der Waals surface area contributed by atoms with Gasteiger partial charge in [-0.3, -0.25) is 9.59 Å². The van der Waals surface area contributed by atoms with Crippen LogP contribution in [0.15, 0.2) is 36.4 Å². The van der Waals surface area contributed by atoms with Gasteiger partial charge in [-0.05, 0) is 17.5 Å². The van der Waals surface area contributed by atoms with Gasteiger partial charge in [0.2, 0.25) is 0 Å². The van der Waals surface area contributed by atoms with E-state index in [9.17, 15) is 14.0 Å². The molecular weight excluding hydrogens is 297 g/mol. The summed E-state index contributed by atoms with van der Waals surface area (Å²) in [6, 6.07) is 9.30. The normalized spacial score (nSPS) is 12.0. The van der Waals surface area contributed by atoms with E-state index in [1.807, 2.05) is 0 Å². The highest BCUT2D eigenvalue weighted by atomic mass is 35.5. The molecule has 0 bridgehead atoms. The minimum atomic E-state index is -0.967. The number of amides is 1.